The van der Waals surface area contributed by atoms with Crippen LogP contribution in [0.3, 0.4) is 0 Å². The molecule has 0 aliphatic rings. The second kappa shape index (κ2) is 12.2. The summed E-state index contributed by atoms with van der Waals surface area (Å²) in [6, 6.07) is 6.05. The van der Waals surface area contributed by atoms with E-state index in [0.29, 0.717) is 22.4 Å². The van der Waals surface area contributed by atoms with Gasteiger partial charge in [0.2, 0.25) is 0 Å². The third-order valence-corrected chi connectivity index (χ3v) is 8.16. The highest BCUT2D eigenvalue weighted by atomic mass is 32.1. The highest BCUT2D eigenvalue weighted by Crippen LogP contribution is 2.37. The Labute approximate surface area is 241 Å². The van der Waals surface area contributed by atoms with Crippen LogP contribution in [-0.2, 0) is 6.18 Å². The minimum atomic E-state index is -4.74. The van der Waals surface area contributed by atoms with E-state index in [9.17, 15) is 23.1 Å². The predicted octanol–water partition coefficient (Wildman–Crippen LogP) is 5.62. The number of methoxy groups -OCH3 is 1. The molecule has 0 unspecified atom stereocenters. The van der Waals surface area contributed by atoms with Crippen LogP contribution in [0.15, 0.2) is 41.2 Å². The molecule has 0 spiro atoms. The number of nitrogens with zero attached hydrogens (tertiary/aromatic N) is 5. The van der Waals surface area contributed by atoms with E-state index in [0.717, 1.165) is 17.3 Å². The Hall–Kier alpha value is -3.48. The Morgan fingerprint density at radius 1 is 1.15 bits per heavy atom. The third kappa shape index (κ3) is 6.09. The first-order chi connectivity index (χ1) is 19.4. The van der Waals surface area contributed by atoms with Gasteiger partial charge in [-0.2, -0.15) is 29.6 Å². The topological polar surface area (TPSA) is 83.2 Å². The zero-order chi connectivity index (χ0) is 30.1. The molecular weight excluding hydrogens is 555 g/mol. The molecule has 220 valence electrons. The second-order valence-corrected chi connectivity index (χ2v) is 11.0. The smallest absolute Gasteiger partial charge is 0.433 e. The van der Waals surface area contributed by atoms with Gasteiger partial charge in [0.25, 0.3) is 5.91 Å². The van der Waals surface area contributed by atoms with Crippen LogP contribution < -0.4 is 4.74 Å². The van der Waals surface area contributed by atoms with Crippen LogP contribution in [0.2, 0.25) is 0 Å². The Balaban J connectivity index is 1.72. The summed E-state index contributed by atoms with van der Waals surface area (Å²) in [5.74, 6) is 0.0831. The SMILES string of the molecule is COc1ccc(-c2nc3c(C(=O)N(CCN(C)[C@@H](CO)c4cscc4C)C(C)C)cnn3c(C(F)(F)F)c2C)cc1. The van der Waals surface area contributed by atoms with Gasteiger partial charge in [-0.05, 0) is 80.9 Å². The van der Waals surface area contributed by atoms with Crippen molar-refractivity contribution in [3.63, 3.8) is 0 Å². The Bertz CT molecular complexity index is 1510. The van der Waals surface area contributed by atoms with E-state index in [2.05, 4.69) is 10.1 Å². The summed E-state index contributed by atoms with van der Waals surface area (Å²) >= 11 is 1.56. The van der Waals surface area contributed by atoms with Gasteiger partial charge in [0.05, 0.1) is 31.6 Å². The van der Waals surface area contributed by atoms with Crippen molar-refractivity contribution < 1.29 is 27.8 Å². The molecular formula is C29H34F3N5O3S. The number of aliphatic hydroxyl groups excluding tert-OH is 1. The summed E-state index contributed by atoms with van der Waals surface area (Å²) in [7, 11) is 3.37. The molecule has 1 N–H and O–H groups in total. The number of fused-ring (bicyclic) bond motifs is 1. The molecule has 0 bridgehead atoms. The number of halogens is 3. The summed E-state index contributed by atoms with van der Waals surface area (Å²) in [4.78, 5) is 21.9. The van der Waals surface area contributed by atoms with E-state index in [1.807, 2.05) is 43.5 Å². The Morgan fingerprint density at radius 3 is 2.37 bits per heavy atom. The van der Waals surface area contributed by atoms with Gasteiger partial charge < -0.3 is 14.7 Å². The first-order valence-corrected chi connectivity index (χ1v) is 14.1. The lowest BCUT2D eigenvalue weighted by Crippen LogP contribution is -2.43. The van der Waals surface area contributed by atoms with Gasteiger partial charge in [0, 0.05) is 30.3 Å². The van der Waals surface area contributed by atoms with E-state index in [4.69, 9.17) is 4.74 Å². The van der Waals surface area contributed by atoms with Gasteiger partial charge in [-0.25, -0.2) is 9.50 Å². The van der Waals surface area contributed by atoms with Crippen molar-refractivity contribution in [2.75, 3.05) is 33.9 Å². The van der Waals surface area contributed by atoms with Gasteiger partial charge in [-0.3, -0.25) is 9.69 Å². The number of thiophene rings is 1. The molecule has 0 aliphatic carbocycles. The number of hydrogen-bond acceptors (Lipinski definition) is 7. The lowest BCUT2D eigenvalue weighted by Gasteiger charge is -2.32. The first kappa shape index (κ1) is 30.5. The average Bonchev–Trinajstić information content (AvgIpc) is 3.53. The fourth-order valence-electron chi connectivity index (χ4n) is 4.94. The zero-order valence-corrected chi connectivity index (χ0v) is 24.7. The van der Waals surface area contributed by atoms with Crippen LogP contribution >= 0.6 is 11.3 Å². The molecule has 1 aromatic carbocycles. The van der Waals surface area contributed by atoms with Crippen molar-refractivity contribution in [3.8, 4) is 17.0 Å². The number of hydrogen-bond donors (Lipinski definition) is 1. The van der Waals surface area contributed by atoms with Crippen molar-refractivity contribution in [2.24, 2.45) is 0 Å². The molecule has 1 atom stereocenters. The number of ether oxygens (including phenoxy) is 1. The number of aromatic nitrogens is 3. The molecule has 12 heteroatoms. The maximum absolute atomic E-state index is 14.3. The van der Waals surface area contributed by atoms with Crippen LogP contribution in [0.4, 0.5) is 13.2 Å². The quantitative estimate of drug-likeness (QED) is 0.259. The molecule has 3 aromatic heterocycles. The fraction of sp³-hybridized carbons (Fsp3) is 0.414. The van der Waals surface area contributed by atoms with Crippen molar-refractivity contribution in [3.05, 3.63) is 69.2 Å². The highest BCUT2D eigenvalue weighted by Gasteiger charge is 2.39. The molecule has 41 heavy (non-hydrogen) atoms. The van der Waals surface area contributed by atoms with Gasteiger partial charge in [0.1, 0.15) is 11.3 Å². The standard InChI is InChI=1S/C29H34F3N5O3S/c1-17(2)36(12-11-35(5)24(14-38)23-16-41-15-18(23)3)28(39)22-13-33-37-26(29(30,31)32)19(4)25(34-27(22)37)20-7-9-21(40-6)10-8-20/h7-10,13,15-17,24,38H,11-12,14H2,1-6H3/t24-/m0/s1. The lowest BCUT2D eigenvalue weighted by atomic mass is 10.0. The summed E-state index contributed by atoms with van der Waals surface area (Å²) in [6.45, 7) is 7.65. The predicted molar refractivity (Wildman–Crippen MR) is 152 cm³/mol. The van der Waals surface area contributed by atoms with Gasteiger partial charge in [-0.15, -0.1) is 0 Å². The summed E-state index contributed by atoms with van der Waals surface area (Å²) in [5, 5.41) is 18.1. The molecule has 8 nitrogen and oxygen atoms in total. The molecule has 4 rings (SSSR count). The van der Waals surface area contributed by atoms with Crippen LogP contribution in [0.1, 0.15) is 52.6 Å². The molecule has 0 radical (unpaired) electrons. The summed E-state index contributed by atoms with van der Waals surface area (Å²) < 4.78 is 48.9. The number of carbonyl (C=O) groups excluding carboxylic acids is 1. The number of carbonyl (C=O) groups is 1. The van der Waals surface area contributed by atoms with E-state index in [1.54, 1.807) is 40.5 Å². The van der Waals surface area contributed by atoms with E-state index < -0.39 is 17.8 Å². The number of aliphatic hydroxyl groups is 1. The van der Waals surface area contributed by atoms with Crippen LogP contribution in [0.25, 0.3) is 16.9 Å². The molecule has 0 fully saturated rings. The van der Waals surface area contributed by atoms with Crippen molar-refractivity contribution in [1.82, 2.24) is 24.4 Å². The minimum absolute atomic E-state index is 0.0194. The normalized spacial score (nSPS) is 12.9. The molecule has 0 saturated carbocycles. The van der Waals surface area contributed by atoms with Crippen molar-refractivity contribution in [1.29, 1.82) is 0 Å². The summed E-state index contributed by atoms with van der Waals surface area (Å²) in [5.41, 5.74) is 1.40. The van der Waals surface area contributed by atoms with Gasteiger partial charge in [0.15, 0.2) is 11.3 Å². The molecule has 0 aliphatic heterocycles. The third-order valence-electron chi connectivity index (χ3n) is 7.28. The van der Waals surface area contributed by atoms with Crippen LogP contribution in [0.5, 0.6) is 5.75 Å². The van der Waals surface area contributed by atoms with E-state index in [-0.39, 0.29) is 47.7 Å². The molecule has 4 aromatic rings. The average molecular weight is 590 g/mol. The summed E-state index contributed by atoms with van der Waals surface area (Å²) in [6.07, 6.45) is -3.58. The minimum Gasteiger partial charge on any atom is -0.497 e. The number of amides is 1. The second-order valence-electron chi connectivity index (χ2n) is 10.2. The van der Waals surface area contributed by atoms with Gasteiger partial charge in [-0.1, -0.05) is 0 Å². The Morgan fingerprint density at radius 2 is 1.83 bits per heavy atom. The van der Waals surface area contributed by atoms with Crippen molar-refractivity contribution in [2.45, 2.75) is 46.0 Å². The fourth-order valence-corrected chi connectivity index (χ4v) is 5.84. The number of aryl methyl sites for hydroxylation is 1. The molecule has 3 heterocycles. The highest BCUT2D eigenvalue weighted by molar-refractivity contribution is 7.08. The Kier molecular flexibility index (Phi) is 9.05. The maximum Gasteiger partial charge on any atom is 0.433 e. The lowest BCUT2D eigenvalue weighted by molar-refractivity contribution is -0.143. The van der Waals surface area contributed by atoms with E-state index in [1.165, 1.54) is 14.0 Å². The first-order valence-electron chi connectivity index (χ1n) is 13.1. The molecule has 0 saturated heterocycles. The maximum atomic E-state index is 14.3. The monoisotopic (exact) mass is 589 g/mol. The van der Waals surface area contributed by atoms with Crippen molar-refractivity contribution >= 4 is 22.9 Å². The van der Waals surface area contributed by atoms with Crippen LogP contribution in [-0.4, -0.2) is 75.3 Å². The van der Waals surface area contributed by atoms with E-state index >= 15 is 0 Å². The van der Waals surface area contributed by atoms with Crippen LogP contribution in [0, 0.1) is 13.8 Å². The number of benzene rings is 1. The number of alkyl halides is 3. The number of rotatable bonds is 10. The molecule has 1 amide bonds. The largest absolute Gasteiger partial charge is 0.497 e. The number of likely N-dealkylation sites (N-methyl/N-ethyl adjacent to an activating group) is 1. The zero-order valence-electron chi connectivity index (χ0n) is 23.9. The van der Waals surface area contributed by atoms with Gasteiger partial charge >= 0.3 is 6.18 Å².